The molecule has 0 radical (unpaired) electrons. The largest absolute Gasteiger partial charge is 0.507 e. The predicted octanol–water partition coefficient (Wildman–Crippen LogP) is 4.79. The Kier molecular flexibility index (Phi) is 6.59. The summed E-state index contributed by atoms with van der Waals surface area (Å²) in [7, 11) is 0. The Morgan fingerprint density at radius 3 is 2.09 bits per heavy atom. The van der Waals surface area contributed by atoms with Crippen LogP contribution >= 0.6 is 0 Å². The van der Waals surface area contributed by atoms with Crippen LogP contribution in [-0.2, 0) is 22.2 Å². The molecule has 3 amide bonds. The van der Waals surface area contributed by atoms with Crippen LogP contribution in [-0.4, -0.2) is 17.0 Å². The van der Waals surface area contributed by atoms with E-state index in [9.17, 15) is 14.7 Å². The molecule has 2 atom stereocenters. The molecule has 1 fully saturated rings. The number of rotatable bonds is 4. The van der Waals surface area contributed by atoms with Crippen molar-refractivity contribution in [2.24, 2.45) is 5.92 Å². The van der Waals surface area contributed by atoms with Crippen LogP contribution in [0.4, 0.5) is 4.79 Å². The Balaban J connectivity index is 2.04. The lowest BCUT2D eigenvalue weighted by molar-refractivity contribution is -0.125. The number of nitrogens with one attached hydrogen (secondary N) is 3. The summed E-state index contributed by atoms with van der Waals surface area (Å²) in [6, 6.07) is 12.4. The number of amides is 3. The fourth-order valence-electron chi connectivity index (χ4n) is 4.15. The van der Waals surface area contributed by atoms with Gasteiger partial charge in [0.15, 0.2) is 0 Å². The maximum atomic E-state index is 13.3. The van der Waals surface area contributed by atoms with Gasteiger partial charge in [0.1, 0.15) is 11.7 Å². The minimum Gasteiger partial charge on any atom is -0.507 e. The molecule has 0 saturated carbocycles. The Hall–Kier alpha value is -3.28. The van der Waals surface area contributed by atoms with E-state index in [1.165, 1.54) is 0 Å². The van der Waals surface area contributed by atoms with Crippen LogP contribution in [0.15, 0.2) is 54.7 Å². The van der Waals surface area contributed by atoms with Crippen molar-refractivity contribution in [1.29, 1.82) is 0 Å². The van der Waals surface area contributed by atoms with Crippen LogP contribution in [0.2, 0.25) is 0 Å². The molecule has 2 aromatic carbocycles. The van der Waals surface area contributed by atoms with Crippen LogP contribution < -0.4 is 16.0 Å². The van der Waals surface area contributed by atoms with Gasteiger partial charge < -0.3 is 21.1 Å². The van der Waals surface area contributed by atoms with Gasteiger partial charge in [0.2, 0.25) is 5.91 Å². The molecule has 6 heteroatoms. The van der Waals surface area contributed by atoms with Crippen molar-refractivity contribution in [2.75, 3.05) is 0 Å². The van der Waals surface area contributed by atoms with E-state index in [4.69, 9.17) is 0 Å². The second-order valence-electron chi connectivity index (χ2n) is 10.7. The molecule has 1 saturated heterocycles. The molecule has 0 spiro atoms. The lowest BCUT2D eigenvalue weighted by Crippen LogP contribution is -2.53. The number of hydrogen-bond acceptors (Lipinski definition) is 3. The summed E-state index contributed by atoms with van der Waals surface area (Å²) >= 11 is 0. The number of urea groups is 1. The number of phenols is 1. The van der Waals surface area contributed by atoms with Crippen LogP contribution in [0.5, 0.6) is 5.75 Å². The lowest BCUT2D eigenvalue weighted by atomic mass is 9.76. The molecule has 2 aromatic rings. The van der Waals surface area contributed by atoms with Gasteiger partial charge in [-0.15, -0.1) is 0 Å². The van der Waals surface area contributed by atoms with Gasteiger partial charge in [-0.2, -0.15) is 0 Å². The van der Waals surface area contributed by atoms with Gasteiger partial charge in [0.05, 0.1) is 6.04 Å². The van der Waals surface area contributed by atoms with E-state index in [0.717, 1.165) is 22.3 Å². The lowest BCUT2D eigenvalue weighted by Gasteiger charge is -2.36. The van der Waals surface area contributed by atoms with Crippen LogP contribution in [0.25, 0.3) is 0 Å². The summed E-state index contributed by atoms with van der Waals surface area (Å²) in [5, 5.41) is 19.6. The number of hydrogen-bond donors (Lipinski definition) is 4. The second kappa shape index (κ2) is 8.93. The molecule has 33 heavy (non-hydrogen) atoms. The minimum absolute atomic E-state index is 0.232. The smallest absolute Gasteiger partial charge is 0.319 e. The predicted molar refractivity (Wildman–Crippen MR) is 131 cm³/mol. The standard InChI is InChI=1S/C27H35N3O3/c1-16-21(24(32)28-15-17-11-9-8-10-12-17)22(30-25(33)29-16)18-13-19(26(2,3)4)23(31)20(14-18)27(5,6)7/h8-14,21-22,31H,1,15H2,2-7H3,(H,28,32)(H2,29,30,33). The van der Waals surface area contributed by atoms with Gasteiger partial charge in [-0.3, -0.25) is 4.79 Å². The molecule has 0 aliphatic carbocycles. The zero-order valence-corrected chi connectivity index (χ0v) is 20.4. The van der Waals surface area contributed by atoms with E-state index in [-0.39, 0.29) is 22.5 Å². The van der Waals surface area contributed by atoms with Crippen molar-refractivity contribution in [3.63, 3.8) is 0 Å². The summed E-state index contributed by atoms with van der Waals surface area (Å²) in [5.41, 5.74) is 2.96. The molecule has 1 aliphatic rings. The summed E-state index contributed by atoms with van der Waals surface area (Å²) < 4.78 is 0. The zero-order valence-electron chi connectivity index (χ0n) is 20.4. The zero-order chi connectivity index (χ0) is 24.6. The fraction of sp³-hybridized carbons (Fsp3) is 0.407. The molecule has 3 rings (SSSR count). The van der Waals surface area contributed by atoms with Crippen LogP contribution in [0.1, 0.15) is 69.8 Å². The van der Waals surface area contributed by atoms with E-state index in [2.05, 4.69) is 22.5 Å². The van der Waals surface area contributed by atoms with E-state index >= 15 is 0 Å². The summed E-state index contributed by atoms with van der Waals surface area (Å²) in [6.07, 6.45) is 0. The van der Waals surface area contributed by atoms with E-state index < -0.39 is 18.0 Å². The normalized spacial score (nSPS) is 19.0. The van der Waals surface area contributed by atoms with Crippen LogP contribution in [0.3, 0.4) is 0 Å². The number of benzene rings is 2. The number of aromatic hydroxyl groups is 1. The third-order valence-corrected chi connectivity index (χ3v) is 5.97. The van der Waals surface area contributed by atoms with Crippen molar-refractivity contribution in [3.05, 3.63) is 77.0 Å². The average molecular weight is 450 g/mol. The first-order valence-electron chi connectivity index (χ1n) is 11.2. The summed E-state index contributed by atoms with van der Waals surface area (Å²) in [4.78, 5) is 25.7. The molecular weight excluding hydrogens is 414 g/mol. The number of phenolic OH excluding ortho intramolecular Hbond substituents is 1. The Labute approximate surface area is 196 Å². The Bertz CT molecular complexity index is 1030. The molecule has 176 valence electrons. The topological polar surface area (TPSA) is 90.5 Å². The van der Waals surface area contributed by atoms with E-state index in [1.54, 1.807) is 0 Å². The molecule has 1 aliphatic heterocycles. The first kappa shape index (κ1) is 24.4. The number of carbonyl (C=O) groups is 2. The maximum absolute atomic E-state index is 13.3. The van der Waals surface area contributed by atoms with Gasteiger partial charge in [-0.05, 0) is 45.2 Å². The quantitative estimate of drug-likeness (QED) is 0.541. The first-order chi connectivity index (χ1) is 15.3. The summed E-state index contributed by atoms with van der Waals surface area (Å²) in [5.74, 6) is -0.691. The highest BCUT2D eigenvalue weighted by molar-refractivity contribution is 5.88. The fourth-order valence-corrected chi connectivity index (χ4v) is 4.15. The number of carbonyl (C=O) groups excluding carboxylic acids is 2. The Morgan fingerprint density at radius 2 is 1.58 bits per heavy atom. The highest BCUT2D eigenvalue weighted by atomic mass is 16.3. The van der Waals surface area contributed by atoms with Gasteiger partial charge >= 0.3 is 6.03 Å². The van der Waals surface area contributed by atoms with Crippen LogP contribution in [0, 0.1) is 5.92 Å². The third-order valence-electron chi connectivity index (χ3n) is 5.97. The van der Waals surface area contributed by atoms with Gasteiger partial charge in [-0.1, -0.05) is 78.5 Å². The molecule has 0 aromatic heterocycles. The van der Waals surface area contributed by atoms with Gasteiger partial charge in [0.25, 0.3) is 0 Å². The molecule has 6 nitrogen and oxygen atoms in total. The SMILES string of the molecule is C=C1NC(=O)NC(c2cc(C(C)(C)C)c(O)c(C(C)(C)C)c2)C1C(=O)NCc1ccccc1. The highest BCUT2D eigenvalue weighted by Crippen LogP contribution is 2.42. The van der Waals surface area contributed by atoms with Gasteiger partial charge in [-0.25, -0.2) is 4.79 Å². The van der Waals surface area contributed by atoms with Crippen molar-refractivity contribution < 1.29 is 14.7 Å². The summed E-state index contributed by atoms with van der Waals surface area (Å²) in [6.45, 7) is 16.5. The van der Waals surface area contributed by atoms with E-state index in [0.29, 0.717) is 12.2 Å². The molecule has 1 heterocycles. The van der Waals surface area contributed by atoms with Crippen molar-refractivity contribution in [1.82, 2.24) is 16.0 Å². The molecular formula is C27H35N3O3. The molecule has 2 unspecified atom stereocenters. The molecule has 0 bridgehead atoms. The average Bonchev–Trinajstić information content (AvgIpc) is 2.70. The highest BCUT2D eigenvalue weighted by Gasteiger charge is 2.39. The monoisotopic (exact) mass is 449 g/mol. The van der Waals surface area contributed by atoms with E-state index in [1.807, 2.05) is 84.0 Å². The van der Waals surface area contributed by atoms with Crippen molar-refractivity contribution in [3.8, 4) is 5.75 Å². The van der Waals surface area contributed by atoms with Gasteiger partial charge in [0, 0.05) is 12.2 Å². The maximum Gasteiger partial charge on any atom is 0.319 e. The first-order valence-corrected chi connectivity index (χ1v) is 11.2. The van der Waals surface area contributed by atoms with Crippen molar-refractivity contribution in [2.45, 2.75) is 65.0 Å². The third kappa shape index (κ3) is 5.38. The Morgan fingerprint density at radius 1 is 1.03 bits per heavy atom. The van der Waals surface area contributed by atoms with Crippen molar-refractivity contribution >= 4 is 11.9 Å². The minimum atomic E-state index is -0.711. The molecule has 4 N–H and O–H groups in total. The second-order valence-corrected chi connectivity index (χ2v) is 10.7.